The largest absolute Gasteiger partial charge is 0.338 e. The Morgan fingerprint density at radius 3 is 1.11 bits per heavy atom. The van der Waals surface area contributed by atoms with Gasteiger partial charge in [0.2, 0.25) is 0 Å². The first-order valence-corrected chi connectivity index (χ1v) is 10.7. The van der Waals surface area contributed by atoms with Gasteiger partial charge in [-0.1, -0.05) is 82.6 Å². The lowest BCUT2D eigenvalue weighted by molar-refractivity contribution is 0.0620. The average Bonchev–Trinajstić information content (AvgIpc) is 2.27. The first-order valence-electron chi connectivity index (χ1n) is 5.09. The first kappa shape index (κ1) is 21.6. The van der Waals surface area contributed by atoms with Crippen molar-refractivity contribution in [2.75, 3.05) is 16.0 Å². The minimum Gasteiger partial charge on any atom is -0.289 e. The van der Waals surface area contributed by atoms with Gasteiger partial charge in [0.1, 0.15) is 0 Å². The smallest absolute Gasteiger partial charge is 0.289 e. The van der Waals surface area contributed by atoms with Crippen molar-refractivity contribution in [3.05, 3.63) is 0 Å². The normalized spacial score (nSPS) is 23.2. The van der Waals surface area contributed by atoms with Crippen LogP contribution < -0.4 is 0 Å². The molecule has 3 atom stereocenters. The van der Waals surface area contributed by atoms with E-state index in [1.807, 2.05) is 0 Å². The second kappa shape index (κ2) is 9.05. The summed E-state index contributed by atoms with van der Waals surface area (Å²) in [5.74, 6) is 0. The molecule has 0 aromatic rings. The number of rotatable bonds is 9. The molecule has 0 bridgehead atoms. The van der Waals surface area contributed by atoms with Gasteiger partial charge in [-0.25, -0.2) is 0 Å². The fraction of sp³-hybridized carbons (Fsp3) is 1.00. The van der Waals surface area contributed by atoms with Gasteiger partial charge in [0, 0.05) is 16.0 Å². The van der Waals surface area contributed by atoms with Crippen molar-refractivity contribution >= 4 is 91.2 Å². The molecule has 3 unspecified atom stereocenters. The van der Waals surface area contributed by atoms with Crippen LogP contribution in [-0.4, -0.2) is 31.2 Å². The van der Waals surface area contributed by atoms with Crippen LogP contribution in [0.3, 0.4) is 0 Å². The molecule has 0 saturated heterocycles. The second-order valence-electron chi connectivity index (χ2n) is 4.20. The molecule has 0 aliphatic heterocycles. The van der Waals surface area contributed by atoms with E-state index >= 15 is 0 Å². The lowest BCUT2D eigenvalue weighted by Crippen LogP contribution is -2.29. The van der Waals surface area contributed by atoms with E-state index in [1.54, 1.807) is 20.8 Å². The van der Waals surface area contributed by atoms with Crippen molar-refractivity contribution in [3.63, 3.8) is 0 Å². The van der Waals surface area contributed by atoms with Crippen LogP contribution in [0, 0.1) is 0 Å². The maximum atomic E-state index is 6.14. The molecule has 0 N–H and O–H groups in total. The molecule has 10 heteroatoms. The van der Waals surface area contributed by atoms with E-state index in [9.17, 15) is 0 Å². The van der Waals surface area contributed by atoms with Crippen molar-refractivity contribution in [1.82, 2.24) is 0 Å². The fourth-order valence-electron chi connectivity index (χ4n) is 0.595. The highest BCUT2D eigenvalue weighted by Gasteiger charge is 2.37. The molecule has 0 saturated carbocycles. The van der Waals surface area contributed by atoms with Gasteiger partial charge in [-0.3, -0.25) is 13.6 Å². The van der Waals surface area contributed by atoms with E-state index in [4.69, 9.17) is 48.4 Å². The highest BCUT2D eigenvalue weighted by Crippen LogP contribution is 2.53. The second-order valence-corrected chi connectivity index (χ2v) is 9.28. The zero-order valence-corrected chi connectivity index (χ0v) is 18.5. The third-order valence-electron chi connectivity index (χ3n) is 1.51. The van der Waals surface area contributed by atoms with Gasteiger partial charge in [-0.2, -0.15) is 0 Å². The van der Waals surface area contributed by atoms with Crippen LogP contribution in [0.25, 0.3) is 0 Å². The number of hydrogen-bond donors (Lipinski definition) is 0. The molecule has 0 aliphatic rings. The molecule has 3 nitrogen and oxygen atoms in total. The Morgan fingerprint density at radius 1 is 0.737 bits per heavy atom. The summed E-state index contributed by atoms with van der Waals surface area (Å²) in [6, 6.07) is 0. The predicted octanol–water partition coefficient (Wildman–Crippen LogP) is 6.31. The Bertz CT molecular complexity index is 240. The number of hydrogen-bond acceptors (Lipinski definition) is 3. The molecule has 0 heterocycles. The van der Waals surface area contributed by atoms with Crippen LogP contribution in [0.1, 0.15) is 20.8 Å². The molecule has 19 heavy (non-hydrogen) atoms. The van der Waals surface area contributed by atoms with Crippen LogP contribution in [0.15, 0.2) is 0 Å². The molecule has 0 aromatic carbocycles. The summed E-state index contributed by atoms with van der Waals surface area (Å²) in [4.78, 5) is 0. The summed E-state index contributed by atoms with van der Waals surface area (Å²) in [6.07, 6.45) is 0. The van der Waals surface area contributed by atoms with Crippen LogP contribution in [0.4, 0.5) is 0 Å². The SMILES string of the molecule is CC(Cl)(CBr)OP(OC(C)(Cl)CBr)OC(C)(Cl)CBr. The molecule has 0 amide bonds. The lowest BCUT2D eigenvalue weighted by atomic mass is 10.5. The number of alkyl halides is 6. The fourth-order valence-corrected chi connectivity index (χ4v) is 3.21. The average molecular weight is 548 g/mol. The molecule has 0 aliphatic carbocycles. The summed E-state index contributed by atoms with van der Waals surface area (Å²) in [5, 5.41) is -1.76. The van der Waals surface area contributed by atoms with Crippen molar-refractivity contribution in [1.29, 1.82) is 0 Å². The maximum Gasteiger partial charge on any atom is 0.338 e. The predicted molar refractivity (Wildman–Crippen MR) is 94.3 cm³/mol. The van der Waals surface area contributed by atoms with Crippen LogP contribution in [0.2, 0.25) is 0 Å². The van der Waals surface area contributed by atoms with E-state index in [0.717, 1.165) is 0 Å². The van der Waals surface area contributed by atoms with Crippen LogP contribution in [-0.2, 0) is 13.6 Å². The standard InChI is InChI=1S/C9H15Br3Cl3O3P/c1-7(13,4-10)16-19(17-8(2,14)5-11)18-9(3,15)6-12/h4-6H2,1-3H3. The van der Waals surface area contributed by atoms with Crippen molar-refractivity contribution in [2.24, 2.45) is 0 Å². The molecule has 0 rings (SSSR count). The minimum absolute atomic E-state index is 0.397. The topological polar surface area (TPSA) is 27.7 Å². The Balaban J connectivity index is 4.84. The quantitative estimate of drug-likeness (QED) is 0.250. The summed E-state index contributed by atoms with van der Waals surface area (Å²) < 4.78 is 16.8. The van der Waals surface area contributed by atoms with Crippen molar-refractivity contribution in [2.45, 2.75) is 36.0 Å². The Labute approximate surface area is 155 Å². The summed E-state index contributed by atoms with van der Waals surface area (Å²) >= 11 is 28.2. The Kier molecular flexibility index (Phi) is 10.3. The third kappa shape index (κ3) is 10.1. The molecule has 0 fully saturated rings. The maximum absolute atomic E-state index is 6.14. The minimum atomic E-state index is -1.83. The third-order valence-corrected chi connectivity index (χ3v) is 8.30. The van der Waals surface area contributed by atoms with Crippen molar-refractivity contribution in [3.8, 4) is 0 Å². The lowest BCUT2D eigenvalue weighted by Gasteiger charge is -2.33. The van der Waals surface area contributed by atoms with E-state index in [0.29, 0.717) is 16.0 Å². The van der Waals surface area contributed by atoms with Crippen LogP contribution in [0.5, 0.6) is 0 Å². The molecule has 0 spiro atoms. The Hall–Kier alpha value is 2.62. The zero-order chi connectivity index (χ0) is 15.3. The summed E-state index contributed by atoms with van der Waals surface area (Å²) in [7, 11) is -1.83. The molecular weight excluding hydrogens is 533 g/mol. The zero-order valence-electron chi connectivity index (χ0n) is 10.6. The van der Waals surface area contributed by atoms with Crippen molar-refractivity contribution < 1.29 is 13.6 Å². The highest BCUT2D eigenvalue weighted by molar-refractivity contribution is 9.09. The van der Waals surface area contributed by atoms with Gasteiger partial charge in [0.15, 0.2) is 15.2 Å². The number of halogens is 6. The van der Waals surface area contributed by atoms with Gasteiger partial charge in [0.25, 0.3) is 0 Å². The van der Waals surface area contributed by atoms with Gasteiger partial charge in [-0.05, 0) is 20.8 Å². The Morgan fingerprint density at radius 2 is 0.947 bits per heavy atom. The van der Waals surface area contributed by atoms with Crippen LogP contribution >= 0.6 is 91.2 Å². The van der Waals surface area contributed by atoms with Gasteiger partial charge in [-0.15, -0.1) is 0 Å². The highest BCUT2D eigenvalue weighted by atomic mass is 79.9. The first-order chi connectivity index (χ1) is 8.47. The summed E-state index contributed by atoms with van der Waals surface area (Å²) in [5.41, 5.74) is 0. The van der Waals surface area contributed by atoms with Gasteiger partial charge < -0.3 is 0 Å². The molecular formula is C9H15Br3Cl3O3P. The van der Waals surface area contributed by atoms with Gasteiger partial charge in [0.05, 0.1) is 0 Å². The van der Waals surface area contributed by atoms with Gasteiger partial charge >= 0.3 is 8.60 Å². The van der Waals surface area contributed by atoms with E-state index in [2.05, 4.69) is 47.8 Å². The molecule has 116 valence electrons. The van der Waals surface area contributed by atoms with E-state index < -0.39 is 23.8 Å². The monoisotopic (exact) mass is 544 g/mol. The molecule has 0 aromatic heterocycles. The van der Waals surface area contributed by atoms with E-state index in [-0.39, 0.29) is 0 Å². The van der Waals surface area contributed by atoms with E-state index in [1.165, 1.54) is 0 Å². The molecule has 0 radical (unpaired) electrons. The summed E-state index contributed by atoms with van der Waals surface area (Å²) in [6.45, 7) is 5.06.